The monoisotopic (exact) mass is 308 g/mol. The van der Waals surface area contributed by atoms with Crippen molar-refractivity contribution in [2.24, 2.45) is 0 Å². The molecule has 1 heterocycles. The molecule has 18 heavy (non-hydrogen) atoms. The van der Waals surface area contributed by atoms with Crippen molar-refractivity contribution in [3.63, 3.8) is 0 Å². The lowest BCUT2D eigenvalue weighted by atomic mass is 10.0. The van der Waals surface area contributed by atoms with Gasteiger partial charge < -0.3 is 5.32 Å². The highest BCUT2D eigenvalue weighted by Gasteiger charge is 2.19. The van der Waals surface area contributed by atoms with Crippen LogP contribution in [0.5, 0.6) is 0 Å². The van der Waals surface area contributed by atoms with Crippen LogP contribution in [-0.2, 0) is 6.54 Å². The number of hydrogen-bond acceptors (Lipinski definition) is 3. The summed E-state index contributed by atoms with van der Waals surface area (Å²) in [6, 6.07) is 8.35. The SMILES string of the molecule is CCNC(c1ccccc1Br)c1cnnn1CC. The van der Waals surface area contributed by atoms with E-state index in [0.717, 1.165) is 23.3 Å². The zero-order chi connectivity index (χ0) is 13.0. The molecule has 0 aliphatic heterocycles. The molecule has 1 aromatic heterocycles. The topological polar surface area (TPSA) is 42.7 Å². The van der Waals surface area contributed by atoms with Crippen LogP contribution >= 0.6 is 15.9 Å². The third-order valence-corrected chi connectivity index (χ3v) is 3.59. The maximum atomic E-state index is 4.10. The number of aryl methyl sites for hydroxylation is 1. The molecular formula is C13H17BrN4. The Kier molecular flexibility index (Phi) is 4.49. The molecule has 5 heteroatoms. The number of aromatic nitrogens is 3. The average Bonchev–Trinajstić information content (AvgIpc) is 2.85. The van der Waals surface area contributed by atoms with Crippen molar-refractivity contribution in [2.75, 3.05) is 6.54 Å². The number of rotatable bonds is 5. The van der Waals surface area contributed by atoms with Gasteiger partial charge in [0.05, 0.1) is 17.9 Å². The lowest BCUT2D eigenvalue weighted by molar-refractivity contribution is 0.534. The highest BCUT2D eigenvalue weighted by Crippen LogP contribution is 2.27. The fraction of sp³-hybridized carbons (Fsp3) is 0.385. The van der Waals surface area contributed by atoms with Crippen LogP contribution in [0, 0.1) is 0 Å². The summed E-state index contributed by atoms with van der Waals surface area (Å²) in [7, 11) is 0. The first-order valence-electron chi connectivity index (χ1n) is 6.14. The molecular weight excluding hydrogens is 292 g/mol. The van der Waals surface area contributed by atoms with Crippen molar-refractivity contribution >= 4 is 15.9 Å². The zero-order valence-corrected chi connectivity index (χ0v) is 12.2. The minimum atomic E-state index is 0.112. The Labute approximate surface area is 116 Å². The first-order chi connectivity index (χ1) is 8.77. The normalized spacial score (nSPS) is 12.6. The van der Waals surface area contributed by atoms with Gasteiger partial charge in [-0.15, -0.1) is 5.10 Å². The molecule has 1 aromatic carbocycles. The summed E-state index contributed by atoms with van der Waals surface area (Å²) >= 11 is 3.61. The highest BCUT2D eigenvalue weighted by molar-refractivity contribution is 9.10. The summed E-state index contributed by atoms with van der Waals surface area (Å²) in [6.45, 7) is 5.88. The molecule has 0 spiro atoms. The van der Waals surface area contributed by atoms with E-state index >= 15 is 0 Å². The van der Waals surface area contributed by atoms with Crippen molar-refractivity contribution in [3.05, 3.63) is 46.2 Å². The summed E-state index contributed by atoms with van der Waals surface area (Å²) in [5.41, 5.74) is 2.29. The van der Waals surface area contributed by atoms with Crippen LogP contribution < -0.4 is 5.32 Å². The van der Waals surface area contributed by atoms with Crippen LogP contribution in [-0.4, -0.2) is 21.5 Å². The predicted octanol–water partition coefficient (Wildman–Crippen LogP) is 2.76. The third kappa shape index (κ3) is 2.62. The number of nitrogens with one attached hydrogen (secondary N) is 1. The van der Waals surface area contributed by atoms with Crippen molar-refractivity contribution in [3.8, 4) is 0 Å². The van der Waals surface area contributed by atoms with Crippen molar-refractivity contribution in [2.45, 2.75) is 26.4 Å². The summed E-state index contributed by atoms with van der Waals surface area (Å²) < 4.78 is 3.02. The van der Waals surface area contributed by atoms with Gasteiger partial charge in [-0.2, -0.15) is 0 Å². The molecule has 1 atom stereocenters. The second kappa shape index (κ2) is 6.11. The molecule has 1 unspecified atom stereocenters. The van der Waals surface area contributed by atoms with Gasteiger partial charge >= 0.3 is 0 Å². The number of benzene rings is 1. The van der Waals surface area contributed by atoms with Crippen molar-refractivity contribution in [1.29, 1.82) is 0 Å². The molecule has 0 saturated heterocycles. The smallest absolute Gasteiger partial charge is 0.0802 e. The summed E-state index contributed by atoms with van der Waals surface area (Å²) in [4.78, 5) is 0. The average molecular weight is 309 g/mol. The van der Waals surface area contributed by atoms with E-state index in [1.807, 2.05) is 23.0 Å². The maximum absolute atomic E-state index is 4.10. The Morgan fingerprint density at radius 2 is 2.11 bits per heavy atom. The Morgan fingerprint density at radius 3 is 2.78 bits per heavy atom. The van der Waals surface area contributed by atoms with Crippen LogP contribution in [0.25, 0.3) is 0 Å². The molecule has 2 aromatic rings. The molecule has 0 fully saturated rings. The van der Waals surface area contributed by atoms with E-state index in [9.17, 15) is 0 Å². The van der Waals surface area contributed by atoms with Crippen molar-refractivity contribution in [1.82, 2.24) is 20.3 Å². The summed E-state index contributed by atoms with van der Waals surface area (Å²) in [6.07, 6.45) is 1.83. The Bertz CT molecular complexity index is 509. The molecule has 0 amide bonds. The van der Waals surface area contributed by atoms with Gasteiger partial charge in [0, 0.05) is 11.0 Å². The van der Waals surface area contributed by atoms with Gasteiger partial charge in [0.2, 0.25) is 0 Å². The van der Waals surface area contributed by atoms with E-state index in [-0.39, 0.29) is 6.04 Å². The van der Waals surface area contributed by atoms with Crippen LogP contribution in [0.3, 0.4) is 0 Å². The predicted molar refractivity (Wildman–Crippen MR) is 75.4 cm³/mol. The first kappa shape index (κ1) is 13.2. The molecule has 4 nitrogen and oxygen atoms in total. The fourth-order valence-electron chi connectivity index (χ4n) is 2.02. The van der Waals surface area contributed by atoms with Gasteiger partial charge in [0.1, 0.15) is 0 Å². The van der Waals surface area contributed by atoms with E-state index in [1.54, 1.807) is 0 Å². The highest BCUT2D eigenvalue weighted by atomic mass is 79.9. The van der Waals surface area contributed by atoms with Gasteiger partial charge in [-0.1, -0.05) is 46.3 Å². The first-order valence-corrected chi connectivity index (χ1v) is 6.93. The molecule has 0 aliphatic carbocycles. The van der Waals surface area contributed by atoms with Gasteiger partial charge in [0.25, 0.3) is 0 Å². The number of nitrogens with zero attached hydrogens (tertiary/aromatic N) is 3. The van der Waals surface area contributed by atoms with Crippen LogP contribution in [0.15, 0.2) is 34.9 Å². The van der Waals surface area contributed by atoms with Crippen LogP contribution in [0.4, 0.5) is 0 Å². The molecule has 96 valence electrons. The van der Waals surface area contributed by atoms with Gasteiger partial charge in [0.15, 0.2) is 0 Å². The Hall–Kier alpha value is -1.20. The lowest BCUT2D eigenvalue weighted by Gasteiger charge is -2.20. The third-order valence-electron chi connectivity index (χ3n) is 2.87. The van der Waals surface area contributed by atoms with Gasteiger partial charge in [-0.05, 0) is 25.1 Å². The van der Waals surface area contributed by atoms with Gasteiger partial charge in [-0.25, -0.2) is 4.68 Å². The second-order valence-electron chi connectivity index (χ2n) is 3.99. The minimum Gasteiger partial charge on any atom is -0.305 e. The van der Waals surface area contributed by atoms with E-state index in [2.05, 4.69) is 57.5 Å². The molecule has 0 bridgehead atoms. The van der Waals surface area contributed by atoms with E-state index < -0.39 is 0 Å². The fourth-order valence-corrected chi connectivity index (χ4v) is 2.54. The molecule has 2 rings (SSSR count). The van der Waals surface area contributed by atoms with Gasteiger partial charge in [-0.3, -0.25) is 0 Å². The van der Waals surface area contributed by atoms with Crippen molar-refractivity contribution < 1.29 is 0 Å². The summed E-state index contributed by atoms with van der Waals surface area (Å²) in [5, 5.41) is 11.6. The van der Waals surface area contributed by atoms with E-state index in [0.29, 0.717) is 0 Å². The molecule has 0 aliphatic rings. The largest absolute Gasteiger partial charge is 0.305 e. The second-order valence-corrected chi connectivity index (χ2v) is 4.84. The summed E-state index contributed by atoms with van der Waals surface area (Å²) in [5.74, 6) is 0. The van der Waals surface area contributed by atoms with E-state index in [4.69, 9.17) is 0 Å². The maximum Gasteiger partial charge on any atom is 0.0802 e. The lowest BCUT2D eigenvalue weighted by Crippen LogP contribution is -2.25. The Balaban J connectivity index is 2.43. The minimum absolute atomic E-state index is 0.112. The standard InChI is InChI=1S/C13H17BrN4/c1-3-15-13(10-7-5-6-8-11(10)14)12-9-16-17-18(12)4-2/h5-9,13,15H,3-4H2,1-2H3. The molecule has 0 radical (unpaired) electrons. The quantitative estimate of drug-likeness (QED) is 0.923. The number of hydrogen-bond donors (Lipinski definition) is 1. The Morgan fingerprint density at radius 1 is 1.33 bits per heavy atom. The zero-order valence-electron chi connectivity index (χ0n) is 10.6. The molecule has 1 N–H and O–H groups in total. The molecule has 0 saturated carbocycles. The van der Waals surface area contributed by atoms with Crippen LogP contribution in [0.1, 0.15) is 31.1 Å². The van der Waals surface area contributed by atoms with E-state index in [1.165, 1.54) is 5.56 Å². The van der Waals surface area contributed by atoms with Crippen LogP contribution in [0.2, 0.25) is 0 Å². The number of halogens is 1.